The van der Waals surface area contributed by atoms with Gasteiger partial charge in [-0.2, -0.15) is 0 Å². The number of hydrogen-bond donors (Lipinski definition) is 1. The second-order valence-electron chi connectivity index (χ2n) is 6.61. The molecule has 1 aliphatic heterocycles. The number of nitrogens with zero attached hydrogens (tertiary/aromatic N) is 1. The van der Waals surface area contributed by atoms with E-state index in [1.165, 1.54) is 44.6 Å². The molecule has 1 aliphatic carbocycles. The van der Waals surface area contributed by atoms with Crippen molar-refractivity contribution in [1.29, 1.82) is 0 Å². The third-order valence-electron chi connectivity index (χ3n) is 4.82. The molecule has 0 amide bonds. The Labute approximate surface area is 135 Å². The Morgan fingerprint density at radius 1 is 1.14 bits per heavy atom. The largest absolute Gasteiger partial charge is 0.310 e. The number of benzene rings is 1. The lowest BCUT2D eigenvalue weighted by Gasteiger charge is -2.40. The molecule has 0 unspecified atom stereocenters. The highest BCUT2D eigenvalue weighted by Crippen LogP contribution is 2.31. The summed E-state index contributed by atoms with van der Waals surface area (Å²) in [6, 6.07) is 5.22. The smallest absolute Gasteiger partial charge is 0.124 e. The summed E-state index contributed by atoms with van der Waals surface area (Å²) >= 11 is 3.39. The van der Waals surface area contributed by atoms with Crippen LogP contribution in [0.3, 0.4) is 0 Å². The molecule has 21 heavy (non-hydrogen) atoms. The van der Waals surface area contributed by atoms with Gasteiger partial charge >= 0.3 is 0 Å². The monoisotopic (exact) mass is 354 g/mol. The Morgan fingerprint density at radius 2 is 1.95 bits per heavy atom. The van der Waals surface area contributed by atoms with E-state index in [4.69, 9.17) is 0 Å². The number of hydrogen-bond acceptors (Lipinski definition) is 2. The van der Waals surface area contributed by atoms with E-state index in [0.29, 0.717) is 5.54 Å². The lowest BCUT2D eigenvalue weighted by atomic mass is 9.81. The van der Waals surface area contributed by atoms with Gasteiger partial charge in [-0.15, -0.1) is 0 Å². The first-order valence-electron chi connectivity index (χ1n) is 8.08. The topological polar surface area (TPSA) is 15.3 Å². The summed E-state index contributed by atoms with van der Waals surface area (Å²) in [7, 11) is 0. The van der Waals surface area contributed by atoms with Gasteiger partial charge in [-0.05, 0) is 56.1 Å². The maximum absolute atomic E-state index is 13.5. The van der Waals surface area contributed by atoms with Gasteiger partial charge in [0.1, 0.15) is 5.82 Å². The average molecular weight is 355 g/mol. The van der Waals surface area contributed by atoms with Crippen LogP contribution in [0, 0.1) is 5.82 Å². The highest BCUT2D eigenvalue weighted by molar-refractivity contribution is 9.10. The van der Waals surface area contributed by atoms with Crippen LogP contribution in [0.4, 0.5) is 4.39 Å². The number of rotatable bonds is 2. The molecule has 2 nitrogen and oxygen atoms in total. The first kappa shape index (κ1) is 15.4. The van der Waals surface area contributed by atoms with Crippen LogP contribution in [0.1, 0.15) is 44.1 Å². The van der Waals surface area contributed by atoms with Gasteiger partial charge in [-0.1, -0.05) is 35.2 Å². The first-order chi connectivity index (χ1) is 10.2. The summed E-state index contributed by atoms with van der Waals surface area (Å²) in [6.07, 6.45) is 7.81. The van der Waals surface area contributed by atoms with Crippen LogP contribution in [0.2, 0.25) is 0 Å². The zero-order valence-electron chi connectivity index (χ0n) is 12.5. The van der Waals surface area contributed by atoms with Crippen LogP contribution in [0.25, 0.3) is 0 Å². The standard InChI is InChI=1S/C17H24BrFN2/c18-15-9-14(10-16(19)11-15)12-21-8-4-7-20-17(13-21)5-2-1-3-6-17/h9-11,20H,1-8,12-13H2. The molecule has 0 bridgehead atoms. The van der Waals surface area contributed by atoms with Gasteiger partial charge in [0.05, 0.1) is 0 Å². The fraction of sp³-hybridized carbons (Fsp3) is 0.647. The molecule has 0 aromatic heterocycles. The molecule has 2 aliphatic rings. The van der Waals surface area contributed by atoms with Gasteiger partial charge in [0.25, 0.3) is 0 Å². The van der Waals surface area contributed by atoms with Crippen LogP contribution in [-0.2, 0) is 6.54 Å². The molecule has 1 N–H and O–H groups in total. The summed E-state index contributed by atoms with van der Waals surface area (Å²) in [5, 5.41) is 3.81. The Morgan fingerprint density at radius 3 is 2.71 bits per heavy atom. The first-order valence-corrected chi connectivity index (χ1v) is 8.87. The third kappa shape index (κ3) is 4.05. The van der Waals surface area contributed by atoms with Crippen molar-refractivity contribution in [3.63, 3.8) is 0 Å². The fourth-order valence-corrected chi connectivity index (χ4v) is 4.39. The van der Waals surface area contributed by atoms with Crippen LogP contribution in [0.5, 0.6) is 0 Å². The van der Waals surface area contributed by atoms with E-state index < -0.39 is 0 Å². The molecule has 3 rings (SSSR count). The van der Waals surface area contributed by atoms with Crippen LogP contribution < -0.4 is 5.32 Å². The zero-order valence-corrected chi connectivity index (χ0v) is 14.1. The number of nitrogens with one attached hydrogen (secondary N) is 1. The van der Waals surface area contributed by atoms with Crippen LogP contribution in [0.15, 0.2) is 22.7 Å². The molecule has 1 saturated heterocycles. The highest BCUT2D eigenvalue weighted by atomic mass is 79.9. The number of halogens is 2. The van der Waals surface area contributed by atoms with Crippen LogP contribution in [-0.4, -0.2) is 30.1 Å². The van der Waals surface area contributed by atoms with Crippen molar-refractivity contribution in [2.75, 3.05) is 19.6 Å². The molecule has 0 radical (unpaired) electrons. The Hall–Kier alpha value is -0.450. The van der Waals surface area contributed by atoms with Crippen molar-refractivity contribution in [3.05, 3.63) is 34.1 Å². The maximum atomic E-state index is 13.5. The van der Waals surface area contributed by atoms with Crippen molar-refractivity contribution in [3.8, 4) is 0 Å². The zero-order chi connectivity index (χ0) is 14.7. The third-order valence-corrected chi connectivity index (χ3v) is 5.27. The van der Waals surface area contributed by atoms with Gasteiger partial charge < -0.3 is 5.32 Å². The quantitative estimate of drug-likeness (QED) is 0.860. The fourth-order valence-electron chi connectivity index (χ4n) is 3.88. The minimum absolute atomic E-state index is 0.153. The van der Waals surface area contributed by atoms with Gasteiger partial charge in [0.2, 0.25) is 0 Å². The highest BCUT2D eigenvalue weighted by Gasteiger charge is 2.34. The lowest BCUT2D eigenvalue weighted by molar-refractivity contribution is 0.159. The predicted octanol–water partition coefficient (Wildman–Crippen LogP) is 4.09. The van der Waals surface area contributed by atoms with Crippen molar-refractivity contribution in [2.45, 2.75) is 50.6 Å². The summed E-state index contributed by atoms with van der Waals surface area (Å²) in [6.45, 7) is 4.16. The summed E-state index contributed by atoms with van der Waals surface area (Å²) in [4.78, 5) is 2.51. The van der Waals surface area contributed by atoms with E-state index in [2.05, 4.69) is 26.1 Å². The summed E-state index contributed by atoms with van der Waals surface area (Å²) in [5.41, 5.74) is 1.37. The molecule has 116 valence electrons. The Bertz CT molecular complexity index is 465. The summed E-state index contributed by atoms with van der Waals surface area (Å²) < 4.78 is 14.4. The Kier molecular flexibility index (Phi) is 4.97. The predicted molar refractivity (Wildman–Crippen MR) is 87.8 cm³/mol. The van der Waals surface area contributed by atoms with Crippen molar-refractivity contribution in [2.24, 2.45) is 0 Å². The second kappa shape index (κ2) is 6.76. The average Bonchev–Trinajstić information content (AvgIpc) is 2.61. The molecule has 1 saturated carbocycles. The van der Waals surface area contributed by atoms with E-state index in [1.54, 1.807) is 6.07 Å². The maximum Gasteiger partial charge on any atom is 0.124 e. The van der Waals surface area contributed by atoms with Crippen LogP contribution >= 0.6 is 15.9 Å². The van der Waals surface area contributed by atoms with Gasteiger partial charge in [0, 0.05) is 23.1 Å². The minimum atomic E-state index is -0.153. The van der Waals surface area contributed by atoms with E-state index in [1.807, 2.05) is 6.07 Å². The summed E-state index contributed by atoms with van der Waals surface area (Å²) in [5.74, 6) is -0.153. The van der Waals surface area contributed by atoms with Gasteiger partial charge in [-0.25, -0.2) is 4.39 Å². The van der Waals surface area contributed by atoms with Gasteiger partial charge in [-0.3, -0.25) is 4.90 Å². The van der Waals surface area contributed by atoms with E-state index in [0.717, 1.165) is 36.2 Å². The van der Waals surface area contributed by atoms with Crippen molar-refractivity contribution < 1.29 is 4.39 Å². The lowest BCUT2D eigenvalue weighted by Crippen LogP contribution is -2.52. The second-order valence-corrected chi connectivity index (χ2v) is 7.53. The normalized spacial score (nSPS) is 23.1. The SMILES string of the molecule is Fc1cc(Br)cc(CN2CCCNC3(CCCCC3)C2)c1. The minimum Gasteiger partial charge on any atom is -0.310 e. The molecular weight excluding hydrogens is 331 g/mol. The van der Waals surface area contributed by atoms with E-state index in [9.17, 15) is 4.39 Å². The van der Waals surface area contributed by atoms with Crippen molar-refractivity contribution in [1.82, 2.24) is 10.2 Å². The molecule has 4 heteroatoms. The van der Waals surface area contributed by atoms with E-state index in [-0.39, 0.29) is 5.82 Å². The molecule has 1 aromatic rings. The molecule has 1 spiro atoms. The van der Waals surface area contributed by atoms with Gasteiger partial charge in [0.15, 0.2) is 0 Å². The molecule has 1 aromatic carbocycles. The molecule has 2 fully saturated rings. The molecular formula is C17H24BrFN2. The molecule has 1 heterocycles. The molecule has 0 atom stereocenters. The Balaban J connectivity index is 1.71. The van der Waals surface area contributed by atoms with E-state index >= 15 is 0 Å². The van der Waals surface area contributed by atoms with Crippen molar-refractivity contribution >= 4 is 15.9 Å².